The van der Waals surface area contributed by atoms with Gasteiger partial charge in [-0.25, -0.2) is 0 Å². The van der Waals surface area contributed by atoms with Crippen molar-refractivity contribution in [3.63, 3.8) is 0 Å². The SMILES string of the molecule is C1=Cc2oc3cc(N(c4ccc5c(c4)oc4ccccc45)c4ccc5oc6ccncc6c5c4)ccc3c2CN1. The Morgan fingerprint density at radius 2 is 1.30 bits per heavy atom. The molecule has 0 bridgehead atoms. The zero-order valence-corrected chi connectivity index (χ0v) is 21.2. The highest BCUT2D eigenvalue weighted by molar-refractivity contribution is 6.08. The van der Waals surface area contributed by atoms with Crippen molar-refractivity contribution in [2.75, 3.05) is 4.90 Å². The lowest BCUT2D eigenvalue weighted by molar-refractivity contribution is 0.592. The largest absolute Gasteiger partial charge is 0.456 e. The summed E-state index contributed by atoms with van der Waals surface area (Å²) in [4.78, 5) is 6.57. The van der Waals surface area contributed by atoms with E-state index >= 15 is 0 Å². The number of pyridine rings is 1. The summed E-state index contributed by atoms with van der Waals surface area (Å²) in [6, 6.07) is 29.1. The maximum Gasteiger partial charge on any atom is 0.138 e. The minimum atomic E-state index is 0.753. The van der Waals surface area contributed by atoms with Crippen molar-refractivity contribution in [2.24, 2.45) is 0 Å². The van der Waals surface area contributed by atoms with Gasteiger partial charge in [0, 0.05) is 86.8 Å². The third-order valence-electron chi connectivity index (χ3n) is 7.83. The Balaban J connectivity index is 1.28. The summed E-state index contributed by atoms with van der Waals surface area (Å²) >= 11 is 0. The fourth-order valence-electron chi connectivity index (χ4n) is 5.96. The summed E-state index contributed by atoms with van der Waals surface area (Å²) in [6.07, 6.45) is 7.53. The minimum Gasteiger partial charge on any atom is -0.456 e. The molecule has 1 aliphatic rings. The van der Waals surface area contributed by atoms with E-state index in [9.17, 15) is 0 Å². The van der Waals surface area contributed by atoms with Gasteiger partial charge in [-0.3, -0.25) is 4.98 Å². The fraction of sp³-hybridized carbons (Fsp3) is 0.0294. The lowest BCUT2D eigenvalue weighted by Gasteiger charge is -2.25. The first-order chi connectivity index (χ1) is 19.8. The number of aromatic nitrogens is 1. The van der Waals surface area contributed by atoms with Crippen LogP contribution in [0.1, 0.15) is 11.3 Å². The number of furan rings is 3. The Labute approximate surface area is 227 Å². The van der Waals surface area contributed by atoms with Crippen molar-refractivity contribution in [1.82, 2.24) is 10.3 Å². The molecule has 0 fully saturated rings. The number of hydrogen-bond donors (Lipinski definition) is 1. The number of para-hydroxylation sites is 1. The number of nitrogens with one attached hydrogen (secondary N) is 1. The predicted octanol–water partition coefficient (Wildman–Crippen LogP) is 9.17. The molecular weight excluding hydrogens is 498 g/mol. The number of hydrogen-bond acceptors (Lipinski definition) is 6. The van der Waals surface area contributed by atoms with Gasteiger partial charge in [0.25, 0.3) is 0 Å². The summed E-state index contributed by atoms with van der Waals surface area (Å²) in [5, 5.41) is 8.61. The average molecular weight is 520 g/mol. The molecule has 0 saturated heterocycles. The van der Waals surface area contributed by atoms with Crippen molar-refractivity contribution < 1.29 is 13.3 Å². The van der Waals surface area contributed by atoms with Crippen molar-refractivity contribution >= 4 is 78.0 Å². The van der Waals surface area contributed by atoms with Crippen molar-refractivity contribution in [3.8, 4) is 0 Å². The van der Waals surface area contributed by atoms with Crippen LogP contribution in [0.4, 0.5) is 17.1 Å². The highest BCUT2D eigenvalue weighted by Gasteiger charge is 2.20. The van der Waals surface area contributed by atoms with E-state index in [0.717, 1.165) is 84.2 Å². The first-order valence-corrected chi connectivity index (χ1v) is 13.2. The van der Waals surface area contributed by atoms with Crippen LogP contribution in [-0.4, -0.2) is 4.98 Å². The Kier molecular flexibility index (Phi) is 4.29. The number of rotatable bonds is 3. The van der Waals surface area contributed by atoms with Gasteiger partial charge in [-0.05, 0) is 60.7 Å². The third-order valence-corrected chi connectivity index (χ3v) is 7.83. The summed E-state index contributed by atoms with van der Waals surface area (Å²) in [6.45, 7) is 0.753. The topological polar surface area (TPSA) is 67.6 Å². The molecule has 6 nitrogen and oxygen atoms in total. The average Bonchev–Trinajstić information content (AvgIpc) is 3.67. The van der Waals surface area contributed by atoms with Crippen molar-refractivity contribution in [1.29, 1.82) is 0 Å². The van der Waals surface area contributed by atoms with Crippen LogP contribution < -0.4 is 10.2 Å². The van der Waals surface area contributed by atoms with Crippen LogP contribution >= 0.6 is 0 Å². The molecule has 6 heteroatoms. The molecule has 1 aliphatic heterocycles. The van der Waals surface area contributed by atoms with E-state index in [1.54, 1.807) is 6.20 Å². The van der Waals surface area contributed by atoms with Gasteiger partial charge >= 0.3 is 0 Å². The molecule has 8 aromatic rings. The summed E-state index contributed by atoms with van der Waals surface area (Å²) in [5.41, 5.74) is 8.35. The monoisotopic (exact) mass is 519 g/mol. The van der Waals surface area contributed by atoms with E-state index in [2.05, 4.69) is 69.8 Å². The molecule has 4 aromatic carbocycles. The fourth-order valence-corrected chi connectivity index (χ4v) is 5.96. The van der Waals surface area contributed by atoms with Gasteiger partial charge in [0.2, 0.25) is 0 Å². The minimum absolute atomic E-state index is 0.753. The molecule has 40 heavy (non-hydrogen) atoms. The molecule has 0 unspecified atom stereocenters. The van der Waals surface area contributed by atoms with E-state index in [1.165, 1.54) is 5.56 Å². The molecule has 4 aromatic heterocycles. The highest BCUT2D eigenvalue weighted by atomic mass is 16.3. The van der Waals surface area contributed by atoms with Crippen LogP contribution in [0, 0.1) is 0 Å². The lowest BCUT2D eigenvalue weighted by Crippen LogP contribution is -2.10. The summed E-state index contributed by atoms with van der Waals surface area (Å²) < 4.78 is 18.6. The second kappa shape index (κ2) is 8.01. The van der Waals surface area contributed by atoms with Gasteiger partial charge in [0.15, 0.2) is 0 Å². The lowest BCUT2D eigenvalue weighted by atomic mass is 10.1. The molecule has 190 valence electrons. The highest BCUT2D eigenvalue weighted by Crippen LogP contribution is 2.42. The number of nitrogens with zero attached hydrogens (tertiary/aromatic N) is 2. The first kappa shape index (κ1) is 21.4. The second-order valence-electron chi connectivity index (χ2n) is 10.1. The molecule has 0 amide bonds. The van der Waals surface area contributed by atoms with Gasteiger partial charge < -0.3 is 23.5 Å². The molecule has 5 heterocycles. The van der Waals surface area contributed by atoms with Gasteiger partial charge in [-0.15, -0.1) is 0 Å². The van der Waals surface area contributed by atoms with Gasteiger partial charge in [-0.1, -0.05) is 18.2 Å². The van der Waals surface area contributed by atoms with Crippen molar-refractivity contribution in [2.45, 2.75) is 6.54 Å². The second-order valence-corrected chi connectivity index (χ2v) is 10.1. The summed E-state index contributed by atoms with van der Waals surface area (Å²) in [7, 11) is 0. The van der Waals surface area contributed by atoms with Crippen LogP contribution in [0.25, 0.3) is 60.9 Å². The predicted molar refractivity (Wildman–Crippen MR) is 159 cm³/mol. The quantitative estimate of drug-likeness (QED) is 0.251. The van der Waals surface area contributed by atoms with Crippen LogP contribution in [0.3, 0.4) is 0 Å². The zero-order valence-electron chi connectivity index (χ0n) is 21.2. The molecular formula is C34H21N3O3. The van der Waals surface area contributed by atoms with Crippen LogP contribution in [-0.2, 0) is 6.54 Å². The van der Waals surface area contributed by atoms with Crippen molar-refractivity contribution in [3.05, 3.63) is 115 Å². The van der Waals surface area contributed by atoms with Gasteiger partial charge in [-0.2, -0.15) is 0 Å². The maximum atomic E-state index is 6.28. The van der Waals surface area contributed by atoms with Gasteiger partial charge in [0.1, 0.15) is 33.7 Å². The normalized spacial score (nSPS) is 13.0. The van der Waals surface area contributed by atoms with Crippen LogP contribution in [0.15, 0.2) is 117 Å². The zero-order chi connectivity index (χ0) is 26.2. The Hall–Kier alpha value is -5.49. The molecule has 1 N–H and O–H groups in total. The Morgan fingerprint density at radius 3 is 2.23 bits per heavy atom. The number of fused-ring (bicyclic) bond motifs is 9. The van der Waals surface area contributed by atoms with Crippen LogP contribution in [0.5, 0.6) is 0 Å². The molecule has 0 radical (unpaired) electrons. The van der Waals surface area contributed by atoms with Crippen LogP contribution in [0.2, 0.25) is 0 Å². The van der Waals surface area contributed by atoms with E-state index < -0.39 is 0 Å². The third kappa shape index (κ3) is 3.07. The molecule has 9 rings (SSSR count). The number of anilines is 3. The molecule has 0 spiro atoms. The smallest absolute Gasteiger partial charge is 0.138 e. The first-order valence-electron chi connectivity index (χ1n) is 13.2. The van der Waals surface area contributed by atoms with E-state index in [4.69, 9.17) is 13.3 Å². The van der Waals surface area contributed by atoms with E-state index in [0.29, 0.717) is 0 Å². The Bertz CT molecular complexity index is 2300. The van der Waals surface area contributed by atoms with E-state index in [-0.39, 0.29) is 0 Å². The Morgan fingerprint density at radius 1 is 0.600 bits per heavy atom. The standard InChI is InChI=1S/C34H21N3O3/c1-2-4-29-23(3-1)24-8-5-21(16-33(24)39-29)37(20-7-10-30-26(15-20)28-19-36-14-12-32(28)38-30)22-6-9-25-27-18-35-13-11-31(27)40-34(25)17-22/h1-17,19,35H,18H2. The maximum absolute atomic E-state index is 6.28. The van der Waals surface area contributed by atoms with E-state index in [1.807, 2.05) is 48.8 Å². The molecule has 0 atom stereocenters. The molecule has 0 saturated carbocycles. The number of benzene rings is 4. The van der Waals surface area contributed by atoms with Gasteiger partial charge in [0.05, 0.1) is 0 Å². The molecule has 0 aliphatic carbocycles. The summed E-state index contributed by atoms with van der Waals surface area (Å²) in [5.74, 6) is 0.903.